The van der Waals surface area contributed by atoms with Gasteiger partial charge in [0.1, 0.15) is 0 Å². The fraction of sp³-hybridized carbons (Fsp3) is 0.947. The van der Waals surface area contributed by atoms with Gasteiger partial charge in [-0.15, -0.1) is 0 Å². The molecular formula is C19H39NO3. The second kappa shape index (κ2) is 14.9. The van der Waals surface area contributed by atoms with Crippen molar-refractivity contribution in [1.82, 2.24) is 5.32 Å². The summed E-state index contributed by atoms with van der Waals surface area (Å²) < 4.78 is 0. The van der Waals surface area contributed by atoms with Crippen LogP contribution in [-0.2, 0) is 4.79 Å². The molecule has 0 bridgehead atoms. The van der Waals surface area contributed by atoms with Crippen molar-refractivity contribution in [3.8, 4) is 0 Å². The fourth-order valence-corrected chi connectivity index (χ4v) is 2.87. The van der Waals surface area contributed by atoms with Gasteiger partial charge in [0.05, 0.1) is 18.8 Å². The maximum Gasteiger partial charge on any atom is 0.217 e. The number of nitrogens with one attached hydrogen (secondary N) is 1. The SMILES string of the molecule is CC(=O)N[C@@H](CO)[C@H](O)CCCCCCCCCCCC(C)C. The van der Waals surface area contributed by atoms with Gasteiger partial charge in [0.25, 0.3) is 0 Å². The molecule has 0 aliphatic heterocycles. The Bertz CT molecular complexity index is 282. The second-order valence-electron chi connectivity index (χ2n) is 7.21. The zero-order valence-electron chi connectivity index (χ0n) is 15.5. The largest absolute Gasteiger partial charge is 0.394 e. The minimum absolute atomic E-state index is 0.211. The van der Waals surface area contributed by atoms with Gasteiger partial charge < -0.3 is 15.5 Å². The molecule has 1 amide bonds. The maximum absolute atomic E-state index is 11.0. The molecule has 138 valence electrons. The molecule has 0 rings (SSSR count). The van der Waals surface area contributed by atoms with Crippen LogP contribution >= 0.6 is 0 Å². The van der Waals surface area contributed by atoms with E-state index in [1.54, 1.807) is 0 Å². The first-order chi connectivity index (χ1) is 11.0. The van der Waals surface area contributed by atoms with E-state index >= 15 is 0 Å². The Labute approximate surface area is 143 Å². The molecule has 0 unspecified atom stereocenters. The van der Waals surface area contributed by atoms with Crippen molar-refractivity contribution in [3.05, 3.63) is 0 Å². The topological polar surface area (TPSA) is 69.6 Å². The number of aliphatic hydroxyl groups is 2. The van der Waals surface area contributed by atoms with E-state index in [9.17, 15) is 9.90 Å². The van der Waals surface area contributed by atoms with Crippen LogP contribution < -0.4 is 5.32 Å². The number of rotatable bonds is 15. The third-order valence-corrected chi connectivity index (χ3v) is 4.33. The van der Waals surface area contributed by atoms with Gasteiger partial charge in [-0.3, -0.25) is 4.79 Å². The van der Waals surface area contributed by atoms with Crippen LogP contribution in [0.5, 0.6) is 0 Å². The molecule has 4 nitrogen and oxygen atoms in total. The molecule has 0 aromatic rings. The molecule has 0 spiro atoms. The van der Waals surface area contributed by atoms with Crippen LogP contribution in [0.3, 0.4) is 0 Å². The Morgan fingerprint density at radius 3 is 1.70 bits per heavy atom. The van der Waals surface area contributed by atoms with E-state index in [-0.39, 0.29) is 12.5 Å². The summed E-state index contributed by atoms with van der Waals surface area (Å²) in [6.07, 6.45) is 12.7. The second-order valence-corrected chi connectivity index (χ2v) is 7.21. The van der Waals surface area contributed by atoms with Crippen LogP contribution in [0.1, 0.15) is 91.4 Å². The van der Waals surface area contributed by atoms with E-state index in [1.807, 2.05) is 0 Å². The molecule has 3 N–H and O–H groups in total. The summed E-state index contributed by atoms with van der Waals surface area (Å²) in [5, 5.41) is 21.7. The summed E-state index contributed by atoms with van der Waals surface area (Å²) in [6, 6.07) is -0.529. The highest BCUT2D eigenvalue weighted by atomic mass is 16.3. The van der Waals surface area contributed by atoms with E-state index in [1.165, 1.54) is 58.3 Å². The van der Waals surface area contributed by atoms with Gasteiger partial charge in [-0.1, -0.05) is 78.1 Å². The average molecular weight is 330 g/mol. The standard InChI is InChI=1S/C19H39NO3/c1-16(2)13-11-9-7-5-4-6-8-10-12-14-19(23)18(15-21)20-17(3)22/h16,18-19,21,23H,4-15H2,1-3H3,(H,20,22)/t18-,19+/m0/s1. The van der Waals surface area contributed by atoms with Crippen LogP contribution in [0, 0.1) is 5.92 Å². The van der Waals surface area contributed by atoms with Gasteiger partial charge in [-0.25, -0.2) is 0 Å². The zero-order valence-corrected chi connectivity index (χ0v) is 15.5. The van der Waals surface area contributed by atoms with Crippen molar-refractivity contribution in [2.45, 2.75) is 104 Å². The molecule has 0 aromatic heterocycles. The lowest BCUT2D eigenvalue weighted by Crippen LogP contribution is -2.44. The van der Waals surface area contributed by atoms with Crippen molar-refractivity contribution in [3.63, 3.8) is 0 Å². The number of unbranched alkanes of at least 4 members (excludes halogenated alkanes) is 8. The van der Waals surface area contributed by atoms with Crippen LogP contribution in [0.4, 0.5) is 0 Å². The summed E-state index contributed by atoms with van der Waals surface area (Å²) in [5.41, 5.74) is 0. The van der Waals surface area contributed by atoms with Crippen molar-refractivity contribution >= 4 is 5.91 Å². The van der Waals surface area contributed by atoms with Crippen molar-refractivity contribution in [1.29, 1.82) is 0 Å². The molecule has 0 saturated carbocycles. The number of hydrogen-bond donors (Lipinski definition) is 3. The summed E-state index contributed by atoms with van der Waals surface area (Å²) in [7, 11) is 0. The minimum Gasteiger partial charge on any atom is -0.394 e. The Kier molecular flexibility index (Phi) is 14.6. The number of hydrogen-bond acceptors (Lipinski definition) is 3. The van der Waals surface area contributed by atoms with Crippen LogP contribution in [-0.4, -0.2) is 34.9 Å². The highest BCUT2D eigenvalue weighted by Crippen LogP contribution is 2.14. The number of amides is 1. The fourth-order valence-electron chi connectivity index (χ4n) is 2.87. The van der Waals surface area contributed by atoms with Gasteiger partial charge in [0, 0.05) is 6.92 Å². The molecule has 23 heavy (non-hydrogen) atoms. The van der Waals surface area contributed by atoms with Gasteiger partial charge in [-0.2, -0.15) is 0 Å². The Morgan fingerprint density at radius 2 is 1.30 bits per heavy atom. The number of carbonyl (C=O) groups is 1. The van der Waals surface area contributed by atoms with E-state index in [2.05, 4.69) is 19.2 Å². The predicted octanol–water partition coefficient (Wildman–Crippen LogP) is 3.79. The molecule has 0 saturated heterocycles. The first kappa shape index (κ1) is 22.4. The lowest BCUT2D eigenvalue weighted by atomic mass is 10.0. The Morgan fingerprint density at radius 1 is 0.870 bits per heavy atom. The lowest BCUT2D eigenvalue weighted by molar-refractivity contribution is -0.121. The first-order valence-corrected chi connectivity index (χ1v) is 9.53. The zero-order chi connectivity index (χ0) is 17.5. The smallest absolute Gasteiger partial charge is 0.217 e. The van der Waals surface area contributed by atoms with Gasteiger partial charge >= 0.3 is 0 Å². The number of carbonyl (C=O) groups excluding carboxylic acids is 1. The van der Waals surface area contributed by atoms with Crippen molar-refractivity contribution in [2.24, 2.45) is 5.92 Å². The maximum atomic E-state index is 11.0. The summed E-state index contributed by atoms with van der Waals surface area (Å²) >= 11 is 0. The lowest BCUT2D eigenvalue weighted by Gasteiger charge is -2.21. The minimum atomic E-state index is -0.648. The normalized spacial score (nSPS) is 14.0. The first-order valence-electron chi connectivity index (χ1n) is 9.53. The molecule has 0 heterocycles. The molecule has 0 aromatic carbocycles. The third kappa shape index (κ3) is 14.7. The molecule has 0 aliphatic carbocycles. The summed E-state index contributed by atoms with van der Waals surface area (Å²) in [4.78, 5) is 11.0. The van der Waals surface area contributed by atoms with Crippen LogP contribution in [0.25, 0.3) is 0 Å². The molecule has 4 heteroatoms. The van der Waals surface area contributed by atoms with E-state index in [0.717, 1.165) is 18.8 Å². The van der Waals surface area contributed by atoms with Crippen molar-refractivity contribution in [2.75, 3.05) is 6.61 Å². The molecule has 0 fully saturated rings. The predicted molar refractivity (Wildman–Crippen MR) is 96.3 cm³/mol. The van der Waals surface area contributed by atoms with E-state index < -0.39 is 12.1 Å². The van der Waals surface area contributed by atoms with Crippen molar-refractivity contribution < 1.29 is 15.0 Å². The quantitative estimate of drug-likeness (QED) is 0.400. The molecule has 0 radical (unpaired) electrons. The average Bonchev–Trinajstić information content (AvgIpc) is 2.49. The van der Waals surface area contributed by atoms with Crippen LogP contribution in [0.15, 0.2) is 0 Å². The summed E-state index contributed by atoms with van der Waals surface area (Å²) in [5.74, 6) is 0.623. The highest BCUT2D eigenvalue weighted by Gasteiger charge is 2.18. The Hall–Kier alpha value is -0.610. The monoisotopic (exact) mass is 329 g/mol. The molecule has 2 atom stereocenters. The number of aliphatic hydroxyl groups excluding tert-OH is 2. The van der Waals surface area contributed by atoms with E-state index in [0.29, 0.717) is 6.42 Å². The third-order valence-electron chi connectivity index (χ3n) is 4.33. The summed E-state index contributed by atoms with van der Waals surface area (Å²) in [6.45, 7) is 5.77. The van der Waals surface area contributed by atoms with Gasteiger partial charge in [0.2, 0.25) is 5.91 Å². The Balaban J connectivity index is 3.39. The van der Waals surface area contributed by atoms with Gasteiger partial charge in [-0.05, 0) is 12.3 Å². The molecule has 0 aliphatic rings. The van der Waals surface area contributed by atoms with E-state index in [4.69, 9.17) is 5.11 Å². The van der Waals surface area contributed by atoms with Crippen LogP contribution in [0.2, 0.25) is 0 Å². The van der Waals surface area contributed by atoms with Gasteiger partial charge in [0.15, 0.2) is 0 Å². The molecular weight excluding hydrogens is 290 g/mol. The highest BCUT2D eigenvalue weighted by molar-refractivity contribution is 5.73.